The summed E-state index contributed by atoms with van der Waals surface area (Å²) < 4.78 is 0. The zero-order valence-corrected chi connectivity index (χ0v) is 9.78. The zero-order chi connectivity index (χ0) is 10.7. The summed E-state index contributed by atoms with van der Waals surface area (Å²) in [5.74, 6) is 0.862. The summed E-state index contributed by atoms with van der Waals surface area (Å²) in [5.41, 5.74) is 0. The molecule has 1 atom stereocenters. The molecule has 0 aromatic carbocycles. The van der Waals surface area contributed by atoms with E-state index in [9.17, 15) is 5.11 Å². The Balaban J connectivity index is 1.75. The molecule has 0 unspecified atom stereocenters. The molecule has 2 aliphatic rings. The van der Waals surface area contributed by atoms with Gasteiger partial charge >= 0.3 is 0 Å². The van der Waals surface area contributed by atoms with Crippen LogP contribution in [-0.4, -0.2) is 48.8 Å². The van der Waals surface area contributed by atoms with Crippen molar-refractivity contribution in [3.05, 3.63) is 0 Å². The quantitative estimate of drug-likeness (QED) is 0.724. The second kappa shape index (κ2) is 5.28. The van der Waals surface area contributed by atoms with E-state index in [0.29, 0.717) is 6.04 Å². The van der Waals surface area contributed by atoms with E-state index in [2.05, 4.69) is 17.3 Å². The van der Waals surface area contributed by atoms with Gasteiger partial charge in [-0.05, 0) is 25.8 Å². The van der Waals surface area contributed by atoms with Gasteiger partial charge in [0.05, 0.1) is 6.10 Å². The predicted molar refractivity (Wildman–Crippen MR) is 61.9 cm³/mol. The highest BCUT2D eigenvalue weighted by molar-refractivity contribution is 4.86. The van der Waals surface area contributed by atoms with E-state index in [1.807, 2.05) is 0 Å². The minimum Gasteiger partial charge on any atom is -0.390 e. The Morgan fingerprint density at radius 2 is 1.93 bits per heavy atom. The van der Waals surface area contributed by atoms with Crippen molar-refractivity contribution < 1.29 is 5.11 Å². The number of hydrogen-bond donors (Lipinski definition) is 2. The second-order valence-electron chi connectivity index (χ2n) is 5.17. The van der Waals surface area contributed by atoms with E-state index in [1.54, 1.807) is 0 Å². The van der Waals surface area contributed by atoms with Crippen molar-refractivity contribution >= 4 is 0 Å². The van der Waals surface area contributed by atoms with Gasteiger partial charge < -0.3 is 10.4 Å². The van der Waals surface area contributed by atoms with E-state index < -0.39 is 0 Å². The molecular weight excluding hydrogens is 188 g/mol. The van der Waals surface area contributed by atoms with Crippen molar-refractivity contribution in [3.8, 4) is 0 Å². The van der Waals surface area contributed by atoms with Crippen LogP contribution >= 0.6 is 0 Å². The Kier molecular flexibility index (Phi) is 4.00. The fourth-order valence-electron chi connectivity index (χ4n) is 2.98. The van der Waals surface area contributed by atoms with Crippen LogP contribution in [0.3, 0.4) is 0 Å². The number of likely N-dealkylation sites (N-methyl/N-ethyl adjacent to an activating group) is 1. The molecule has 0 aromatic heterocycles. The molecule has 1 aliphatic heterocycles. The van der Waals surface area contributed by atoms with Gasteiger partial charge in [0.1, 0.15) is 0 Å². The summed E-state index contributed by atoms with van der Waals surface area (Å²) in [7, 11) is 2.08. The second-order valence-corrected chi connectivity index (χ2v) is 5.17. The number of aliphatic hydroxyl groups is 1. The van der Waals surface area contributed by atoms with Gasteiger partial charge in [-0.1, -0.05) is 19.3 Å². The molecule has 2 fully saturated rings. The highest BCUT2D eigenvalue weighted by atomic mass is 16.3. The fourth-order valence-corrected chi connectivity index (χ4v) is 2.98. The number of aliphatic hydroxyl groups excluding tert-OH is 1. The molecule has 2 N–H and O–H groups in total. The zero-order valence-electron chi connectivity index (χ0n) is 9.78. The third kappa shape index (κ3) is 2.92. The number of β-amino-alcohol motifs (C(OH)–C–C–N with tert-alkyl or cyclic N) is 1. The van der Waals surface area contributed by atoms with Crippen molar-refractivity contribution in [2.45, 2.75) is 44.2 Å². The summed E-state index contributed by atoms with van der Waals surface area (Å²) in [5, 5.41) is 12.7. The van der Waals surface area contributed by atoms with Gasteiger partial charge in [-0.15, -0.1) is 0 Å². The van der Waals surface area contributed by atoms with Crippen LogP contribution in [0.1, 0.15) is 32.1 Å². The Morgan fingerprint density at radius 3 is 2.47 bits per heavy atom. The number of hydrogen-bond acceptors (Lipinski definition) is 3. The Bertz CT molecular complexity index is 186. The van der Waals surface area contributed by atoms with Crippen LogP contribution < -0.4 is 5.32 Å². The Labute approximate surface area is 92.8 Å². The van der Waals surface area contributed by atoms with Gasteiger partial charge in [-0.3, -0.25) is 4.90 Å². The smallest absolute Gasteiger partial charge is 0.0793 e. The standard InChI is InChI=1S/C12H24N2O/c1-13-12(9-14-7-11(15)8-14)10-5-3-2-4-6-10/h10-13,15H,2-9H2,1H3/t12-/m0/s1. The molecule has 2 rings (SSSR count). The molecule has 88 valence electrons. The summed E-state index contributed by atoms with van der Waals surface area (Å²) in [6.07, 6.45) is 6.96. The van der Waals surface area contributed by atoms with Gasteiger partial charge in [0.2, 0.25) is 0 Å². The van der Waals surface area contributed by atoms with Gasteiger partial charge in [-0.25, -0.2) is 0 Å². The van der Waals surface area contributed by atoms with Crippen LogP contribution in [-0.2, 0) is 0 Å². The highest BCUT2D eigenvalue weighted by Gasteiger charge is 2.29. The molecule has 3 heteroatoms. The lowest BCUT2D eigenvalue weighted by molar-refractivity contribution is -0.00751. The van der Waals surface area contributed by atoms with Gasteiger partial charge in [0.15, 0.2) is 0 Å². The van der Waals surface area contributed by atoms with E-state index in [1.165, 1.54) is 32.1 Å². The van der Waals surface area contributed by atoms with Crippen molar-refractivity contribution in [3.63, 3.8) is 0 Å². The maximum Gasteiger partial charge on any atom is 0.0793 e. The predicted octanol–water partition coefficient (Wildman–Crippen LogP) is 0.831. The van der Waals surface area contributed by atoms with Crippen molar-refractivity contribution in [2.75, 3.05) is 26.7 Å². The molecule has 0 amide bonds. The van der Waals surface area contributed by atoms with E-state index in [4.69, 9.17) is 0 Å². The first-order valence-corrected chi connectivity index (χ1v) is 6.37. The van der Waals surface area contributed by atoms with Crippen LogP contribution in [0.25, 0.3) is 0 Å². The lowest BCUT2D eigenvalue weighted by Crippen LogP contribution is -2.56. The van der Waals surface area contributed by atoms with Crippen molar-refractivity contribution in [1.29, 1.82) is 0 Å². The molecule has 0 bridgehead atoms. The Morgan fingerprint density at radius 1 is 1.27 bits per heavy atom. The first kappa shape index (κ1) is 11.4. The molecular formula is C12H24N2O. The molecule has 15 heavy (non-hydrogen) atoms. The van der Waals surface area contributed by atoms with Crippen LogP contribution in [0.5, 0.6) is 0 Å². The summed E-state index contributed by atoms with van der Waals surface area (Å²) in [4.78, 5) is 2.36. The first-order chi connectivity index (χ1) is 7.29. The average Bonchev–Trinajstić information content (AvgIpc) is 2.24. The fraction of sp³-hybridized carbons (Fsp3) is 1.00. The van der Waals surface area contributed by atoms with E-state index in [-0.39, 0.29) is 6.10 Å². The normalized spacial score (nSPS) is 27.6. The SMILES string of the molecule is CN[C@@H](CN1CC(O)C1)C1CCCCC1. The van der Waals surface area contributed by atoms with E-state index in [0.717, 1.165) is 25.6 Å². The van der Waals surface area contributed by atoms with Gasteiger partial charge in [0.25, 0.3) is 0 Å². The molecule has 0 spiro atoms. The topological polar surface area (TPSA) is 35.5 Å². The molecule has 0 radical (unpaired) electrons. The molecule has 1 heterocycles. The maximum absolute atomic E-state index is 9.25. The Hall–Kier alpha value is -0.120. The molecule has 1 aliphatic carbocycles. The number of rotatable bonds is 4. The highest BCUT2D eigenvalue weighted by Crippen LogP contribution is 2.27. The lowest BCUT2D eigenvalue weighted by Gasteiger charge is -2.40. The lowest BCUT2D eigenvalue weighted by atomic mass is 9.83. The summed E-state index contributed by atoms with van der Waals surface area (Å²) >= 11 is 0. The van der Waals surface area contributed by atoms with Gasteiger partial charge in [-0.2, -0.15) is 0 Å². The first-order valence-electron chi connectivity index (χ1n) is 6.37. The summed E-state index contributed by atoms with van der Waals surface area (Å²) in [6, 6.07) is 0.637. The third-order valence-electron chi connectivity index (χ3n) is 3.98. The molecule has 1 saturated carbocycles. The molecule has 1 saturated heterocycles. The monoisotopic (exact) mass is 212 g/mol. The minimum atomic E-state index is -0.0612. The maximum atomic E-state index is 9.25. The van der Waals surface area contributed by atoms with Crippen LogP contribution in [0.2, 0.25) is 0 Å². The van der Waals surface area contributed by atoms with E-state index >= 15 is 0 Å². The van der Waals surface area contributed by atoms with Crippen molar-refractivity contribution in [2.24, 2.45) is 5.92 Å². The summed E-state index contributed by atoms with van der Waals surface area (Å²) in [6.45, 7) is 2.88. The largest absolute Gasteiger partial charge is 0.390 e. The van der Waals surface area contributed by atoms with Crippen LogP contribution in [0.4, 0.5) is 0 Å². The molecule has 0 aromatic rings. The van der Waals surface area contributed by atoms with Crippen molar-refractivity contribution in [1.82, 2.24) is 10.2 Å². The third-order valence-corrected chi connectivity index (χ3v) is 3.98. The number of likely N-dealkylation sites (tertiary alicyclic amines) is 1. The van der Waals surface area contributed by atoms with Crippen LogP contribution in [0, 0.1) is 5.92 Å². The number of nitrogens with zero attached hydrogens (tertiary/aromatic N) is 1. The molecule has 3 nitrogen and oxygen atoms in total. The average molecular weight is 212 g/mol. The van der Waals surface area contributed by atoms with Gasteiger partial charge in [0, 0.05) is 25.7 Å². The number of nitrogens with one attached hydrogen (secondary N) is 1. The minimum absolute atomic E-state index is 0.0612. The van der Waals surface area contributed by atoms with Crippen LogP contribution in [0.15, 0.2) is 0 Å².